The van der Waals surface area contributed by atoms with Crippen molar-refractivity contribution in [2.24, 2.45) is 11.8 Å². The van der Waals surface area contributed by atoms with Gasteiger partial charge in [0.25, 0.3) is 0 Å². The van der Waals surface area contributed by atoms with E-state index < -0.39 is 0 Å². The molecule has 0 radical (unpaired) electrons. The third-order valence-corrected chi connectivity index (χ3v) is 5.15. The van der Waals surface area contributed by atoms with Crippen LogP contribution in [0.4, 0.5) is 0 Å². The van der Waals surface area contributed by atoms with Crippen LogP contribution in [0.1, 0.15) is 118 Å². The minimum absolute atomic E-state index is 0.932. The van der Waals surface area contributed by atoms with Crippen molar-refractivity contribution >= 4 is 0 Å². The zero-order valence-electron chi connectivity index (χ0n) is 17.4. The van der Waals surface area contributed by atoms with E-state index in [1.54, 1.807) is 0 Å². The molecule has 2 unspecified atom stereocenters. The standard InChI is InChI=1S/C24H46/c1-5-9-13-19-23(17-11-7-3)21-15-16-22-24(18-12-8-4)20-14-10-6-2/h9-10,13-14,23-24H,5-8,11-12,15-22H2,1-4H3. The number of allylic oxidation sites excluding steroid dienone is 4. The predicted molar refractivity (Wildman–Crippen MR) is 113 cm³/mol. The second-order valence-electron chi connectivity index (χ2n) is 7.53. The summed E-state index contributed by atoms with van der Waals surface area (Å²) in [6.45, 7) is 9.12. The van der Waals surface area contributed by atoms with Crippen molar-refractivity contribution in [1.82, 2.24) is 0 Å². The Kier molecular flexibility index (Phi) is 18.4. The third-order valence-electron chi connectivity index (χ3n) is 5.15. The summed E-state index contributed by atoms with van der Waals surface area (Å²) in [4.78, 5) is 0. The molecule has 0 amide bonds. The first kappa shape index (κ1) is 23.5. The first-order chi connectivity index (χ1) is 11.8. The molecule has 0 N–H and O–H groups in total. The van der Waals surface area contributed by atoms with Crippen LogP contribution >= 0.6 is 0 Å². The van der Waals surface area contributed by atoms with E-state index in [0.717, 1.165) is 11.8 Å². The molecule has 0 aromatic carbocycles. The largest absolute Gasteiger partial charge is 0.0888 e. The van der Waals surface area contributed by atoms with E-state index in [9.17, 15) is 0 Å². The molecule has 0 heterocycles. The Hall–Kier alpha value is -0.520. The Bertz CT molecular complexity index is 256. The van der Waals surface area contributed by atoms with Crippen molar-refractivity contribution in [2.45, 2.75) is 118 Å². The zero-order valence-corrected chi connectivity index (χ0v) is 17.4. The van der Waals surface area contributed by atoms with Gasteiger partial charge in [-0.3, -0.25) is 0 Å². The molecular weight excluding hydrogens is 288 g/mol. The Morgan fingerprint density at radius 2 is 0.875 bits per heavy atom. The minimum Gasteiger partial charge on any atom is -0.0888 e. The maximum atomic E-state index is 2.43. The fourth-order valence-electron chi connectivity index (χ4n) is 3.52. The van der Waals surface area contributed by atoms with Crippen molar-refractivity contribution in [3.8, 4) is 0 Å². The van der Waals surface area contributed by atoms with E-state index in [4.69, 9.17) is 0 Å². The van der Waals surface area contributed by atoms with Crippen LogP contribution in [0, 0.1) is 11.8 Å². The Balaban J connectivity index is 4.08. The van der Waals surface area contributed by atoms with Crippen LogP contribution in [0.2, 0.25) is 0 Å². The van der Waals surface area contributed by atoms with Crippen LogP contribution in [0.3, 0.4) is 0 Å². The molecule has 0 aliphatic carbocycles. The molecule has 0 saturated heterocycles. The molecule has 0 aromatic heterocycles. The van der Waals surface area contributed by atoms with Crippen LogP contribution < -0.4 is 0 Å². The molecule has 0 bridgehead atoms. The normalized spacial score (nSPS) is 14.7. The predicted octanol–water partition coefficient (Wildman–Crippen LogP) is 8.87. The highest BCUT2D eigenvalue weighted by Crippen LogP contribution is 2.25. The highest BCUT2D eigenvalue weighted by molar-refractivity contribution is 4.84. The molecule has 24 heavy (non-hydrogen) atoms. The topological polar surface area (TPSA) is 0 Å². The molecule has 0 spiro atoms. The van der Waals surface area contributed by atoms with Gasteiger partial charge in [0.05, 0.1) is 0 Å². The van der Waals surface area contributed by atoms with Crippen molar-refractivity contribution in [3.05, 3.63) is 24.3 Å². The quantitative estimate of drug-likeness (QED) is 0.184. The zero-order chi connectivity index (χ0) is 17.9. The summed E-state index contributed by atoms with van der Waals surface area (Å²) in [5.74, 6) is 1.86. The highest BCUT2D eigenvalue weighted by Gasteiger charge is 2.09. The lowest BCUT2D eigenvalue weighted by Gasteiger charge is -2.17. The molecule has 0 saturated carbocycles. The van der Waals surface area contributed by atoms with E-state index >= 15 is 0 Å². The van der Waals surface area contributed by atoms with Gasteiger partial charge in [0.15, 0.2) is 0 Å². The number of rotatable bonds is 17. The van der Waals surface area contributed by atoms with E-state index in [0.29, 0.717) is 0 Å². The average Bonchev–Trinajstić information content (AvgIpc) is 2.60. The number of unbranched alkanes of at least 4 members (excludes halogenated alkanes) is 3. The number of hydrogen-bond donors (Lipinski definition) is 0. The smallest absolute Gasteiger partial charge is 0.0322 e. The van der Waals surface area contributed by atoms with Gasteiger partial charge in [0, 0.05) is 0 Å². The molecule has 0 aromatic rings. The van der Waals surface area contributed by atoms with Crippen LogP contribution in [0.15, 0.2) is 24.3 Å². The molecule has 0 heteroatoms. The summed E-state index contributed by atoms with van der Waals surface area (Å²) >= 11 is 0. The van der Waals surface area contributed by atoms with Crippen LogP contribution in [-0.4, -0.2) is 0 Å². The van der Waals surface area contributed by atoms with E-state index in [1.165, 1.54) is 89.9 Å². The van der Waals surface area contributed by atoms with Gasteiger partial charge in [-0.15, -0.1) is 0 Å². The second kappa shape index (κ2) is 18.8. The van der Waals surface area contributed by atoms with Gasteiger partial charge in [-0.05, 0) is 37.5 Å². The Morgan fingerprint density at radius 1 is 0.500 bits per heavy atom. The Morgan fingerprint density at radius 3 is 1.21 bits per heavy atom. The first-order valence-corrected chi connectivity index (χ1v) is 11.1. The molecule has 0 rings (SSSR count). The van der Waals surface area contributed by atoms with E-state index in [1.807, 2.05) is 0 Å². The lowest BCUT2D eigenvalue weighted by atomic mass is 9.89. The third kappa shape index (κ3) is 15.0. The SMILES string of the molecule is CCC=CCC(CCCC)CCCCC(CC=CCC)CCCC. The molecule has 2 atom stereocenters. The van der Waals surface area contributed by atoms with Gasteiger partial charge < -0.3 is 0 Å². The van der Waals surface area contributed by atoms with Crippen molar-refractivity contribution in [2.75, 3.05) is 0 Å². The summed E-state index contributed by atoms with van der Waals surface area (Å²) in [6, 6.07) is 0. The molecule has 0 aliphatic heterocycles. The lowest BCUT2D eigenvalue weighted by Crippen LogP contribution is -2.02. The van der Waals surface area contributed by atoms with E-state index in [2.05, 4.69) is 52.0 Å². The molecule has 0 fully saturated rings. The highest BCUT2D eigenvalue weighted by atomic mass is 14.2. The summed E-state index contributed by atoms with van der Waals surface area (Å²) < 4.78 is 0. The summed E-state index contributed by atoms with van der Waals surface area (Å²) in [5, 5.41) is 0. The maximum absolute atomic E-state index is 2.43. The fourth-order valence-corrected chi connectivity index (χ4v) is 3.52. The van der Waals surface area contributed by atoms with E-state index in [-0.39, 0.29) is 0 Å². The maximum Gasteiger partial charge on any atom is -0.0322 e. The Labute approximate surface area is 154 Å². The minimum atomic E-state index is 0.932. The van der Waals surface area contributed by atoms with Gasteiger partial charge in [-0.1, -0.05) is 116 Å². The lowest BCUT2D eigenvalue weighted by molar-refractivity contribution is 0.380. The first-order valence-electron chi connectivity index (χ1n) is 11.1. The van der Waals surface area contributed by atoms with Gasteiger partial charge >= 0.3 is 0 Å². The van der Waals surface area contributed by atoms with Gasteiger partial charge in [0.2, 0.25) is 0 Å². The van der Waals surface area contributed by atoms with Crippen LogP contribution in [0.25, 0.3) is 0 Å². The van der Waals surface area contributed by atoms with Gasteiger partial charge in [-0.2, -0.15) is 0 Å². The summed E-state index contributed by atoms with van der Waals surface area (Å²) in [6.07, 6.45) is 28.7. The van der Waals surface area contributed by atoms with Crippen LogP contribution in [0.5, 0.6) is 0 Å². The number of hydrogen-bond acceptors (Lipinski definition) is 0. The summed E-state index contributed by atoms with van der Waals surface area (Å²) in [7, 11) is 0. The van der Waals surface area contributed by atoms with Crippen molar-refractivity contribution in [3.63, 3.8) is 0 Å². The van der Waals surface area contributed by atoms with Crippen LogP contribution in [-0.2, 0) is 0 Å². The molecule has 142 valence electrons. The molecule has 0 aliphatic rings. The average molecular weight is 335 g/mol. The molecule has 0 nitrogen and oxygen atoms in total. The second-order valence-corrected chi connectivity index (χ2v) is 7.53. The molecular formula is C24H46. The summed E-state index contributed by atoms with van der Waals surface area (Å²) in [5.41, 5.74) is 0. The monoisotopic (exact) mass is 334 g/mol. The van der Waals surface area contributed by atoms with Crippen molar-refractivity contribution in [1.29, 1.82) is 0 Å². The van der Waals surface area contributed by atoms with Crippen molar-refractivity contribution < 1.29 is 0 Å². The van der Waals surface area contributed by atoms with Gasteiger partial charge in [0.1, 0.15) is 0 Å². The fraction of sp³-hybridized carbons (Fsp3) is 0.833. The van der Waals surface area contributed by atoms with Gasteiger partial charge in [-0.25, -0.2) is 0 Å².